The number of furan rings is 1. The van der Waals surface area contributed by atoms with Crippen LogP contribution in [0, 0.1) is 5.82 Å². The lowest BCUT2D eigenvalue weighted by atomic mass is 10.0. The molecule has 7 nitrogen and oxygen atoms in total. The Morgan fingerprint density at radius 2 is 2.16 bits per heavy atom. The van der Waals surface area contributed by atoms with E-state index in [1.54, 1.807) is 48.2 Å². The van der Waals surface area contributed by atoms with E-state index in [0.29, 0.717) is 46.1 Å². The van der Waals surface area contributed by atoms with Crippen LogP contribution in [0.1, 0.15) is 44.1 Å². The number of nitrogens with one attached hydrogen (secondary N) is 1. The van der Waals surface area contributed by atoms with E-state index in [-0.39, 0.29) is 5.82 Å². The number of unbranched alkanes of at least 4 members (excludes halogenated alkanes) is 1. The number of hydrogen-bond acceptors (Lipinski definition) is 7. The van der Waals surface area contributed by atoms with Crippen LogP contribution in [0.4, 0.5) is 10.3 Å². The average molecular weight is 443 g/mol. The quantitative estimate of drug-likeness (QED) is 0.301. The summed E-state index contributed by atoms with van der Waals surface area (Å²) in [5, 5.41) is 8.19. The molecule has 1 atom stereocenters. The van der Waals surface area contributed by atoms with Crippen molar-refractivity contribution >= 4 is 23.7 Å². The Labute approximate surface area is 183 Å². The van der Waals surface area contributed by atoms with Gasteiger partial charge in [-0.3, -0.25) is 0 Å². The molecule has 3 aromatic rings. The van der Waals surface area contributed by atoms with E-state index in [2.05, 4.69) is 15.4 Å². The molecular weight excluding hydrogens is 419 g/mol. The van der Waals surface area contributed by atoms with Crippen LogP contribution < -0.4 is 5.32 Å². The molecule has 0 aliphatic carbocycles. The standard InChI is InChI=1S/C22H23FN4O3S/c1-3-4-11-30-20(28)18-14(2)24-21-25-22(31-13-15-8-5-6-9-16(15)23)26-27(21)19(18)17-10-7-12-29-17/h5-10,12,19H,3-4,11,13H2,1-2H3,(H,24,25,26). The fourth-order valence-electron chi connectivity index (χ4n) is 3.31. The SMILES string of the molecule is CCCCOC(=O)C1=C(C)Nc2nc(SCc3ccccc3F)nn2C1c1ccco1. The minimum absolute atomic E-state index is 0.264. The van der Waals surface area contributed by atoms with Crippen LogP contribution in [0.25, 0.3) is 0 Å². The molecule has 0 saturated carbocycles. The van der Waals surface area contributed by atoms with Gasteiger partial charge in [0.25, 0.3) is 0 Å². The predicted octanol–water partition coefficient (Wildman–Crippen LogP) is 4.93. The summed E-state index contributed by atoms with van der Waals surface area (Å²) < 4.78 is 26.7. The topological polar surface area (TPSA) is 82.2 Å². The van der Waals surface area contributed by atoms with Gasteiger partial charge in [0.2, 0.25) is 11.1 Å². The Hall–Kier alpha value is -3.07. The molecule has 0 bridgehead atoms. The number of hydrogen-bond donors (Lipinski definition) is 1. The molecule has 1 aromatic carbocycles. The number of allylic oxidation sites excluding steroid dienone is 1. The molecule has 4 rings (SSSR count). The number of carbonyl (C=O) groups excluding carboxylic acids is 1. The largest absolute Gasteiger partial charge is 0.467 e. The van der Waals surface area contributed by atoms with Crippen LogP contribution in [-0.2, 0) is 15.3 Å². The van der Waals surface area contributed by atoms with Gasteiger partial charge in [-0.15, -0.1) is 5.10 Å². The van der Waals surface area contributed by atoms with Gasteiger partial charge in [-0.25, -0.2) is 13.9 Å². The van der Waals surface area contributed by atoms with Crippen LogP contribution in [0.5, 0.6) is 0 Å². The third-order valence-electron chi connectivity index (χ3n) is 4.91. The molecule has 2 aromatic heterocycles. The highest BCUT2D eigenvalue weighted by atomic mass is 32.2. The highest BCUT2D eigenvalue weighted by Crippen LogP contribution is 2.37. The zero-order chi connectivity index (χ0) is 21.8. The summed E-state index contributed by atoms with van der Waals surface area (Å²) in [6.45, 7) is 4.19. The third-order valence-corrected chi connectivity index (χ3v) is 5.80. The lowest BCUT2D eigenvalue weighted by Gasteiger charge is -2.26. The molecule has 0 amide bonds. The second-order valence-corrected chi connectivity index (χ2v) is 8.06. The Bertz CT molecular complexity index is 1090. The summed E-state index contributed by atoms with van der Waals surface area (Å²) in [7, 11) is 0. The zero-order valence-corrected chi connectivity index (χ0v) is 18.1. The van der Waals surface area contributed by atoms with Crippen molar-refractivity contribution in [3.05, 3.63) is 71.1 Å². The first-order valence-electron chi connectivity index (χ1n) is 10.1. The molecule has 3 heterocycles. The molecule has 0 saturated heterocycles. The summed E-state index contributed by atoms with van der Waals surface area (Å²) in [6.07, 6.45) is 3.28. The number of nitrogens with zero attached hydrogens (tertiary/aromatic N) is 3. The summed E-state index contributed by atoms with van der Waals surface area (Å²) in [4.78, 5) is 17.4. The van der Waals surface area contributed by atoms with Crippen molar-refractivity contribution in [3.8, 4) is 0 Å². The second kappa shape index (κ2) is 9.38. The normalized spacial score (nSPS) is 15.5. The van der Waals surface area contributed by atoms with E-state index in [4.69, 9.17) is 9.15 Å². The van der Waals surface area contributed by atoms with Gasteiger partial charge in [-0.05, 0) is 37.1 Å². The molecule has 1 aliphatic heterocycles. The summed E-state index contributed by atoms with van der Waals surface area (Å²) in [5.41, 5.74) is 1.63. The molecule has 1 unspecified atom stereocenters. The number of thioether (sulfide) groups is 1. The van der Waals surface area contributed by atoms with E-state index in [1.165, 1.54) is 17.8 Å². The van der Waals surface area contributed by atoms with Gasteiger partial charge in [0.05, 0.1) is 18.4 Å². The van der Waals surface area contributed by atoms with Crippen LogP contribution in [0.2, 0.25) is 0 Å². The van der Waals surface area contributed by atoms with E-state index in [9.17, 15) is 9.18 Å². The van der Waals surface area contributed by atoms with Gasteiger partial charge in [-0.2, -0.15) is 4.98 Å². The number of ether oxygens (including phenoxy) is 1. The minimum Gasteiger partial charge on any atom is -0.467 e. The summed E-state index contributed by atoms with van der Waals surface area (Å²) >= 11 is 1.32. The number of fused-ring (bicyclic) bond motifs is 1. The monoisotopic (exact) mass is 442 g/mol. The van der Waals surface area contributed by atoms with Crippen molar-refractivity contribution in [1.29, 1.82) is 0 Å². The first-order valence-corrected chi connectivity index (χ1v) is 11.1. The maximum atomic E-state index is 13.9. The second-order valence-electron chi connectivity index (χ2n) is 7.11. The van der Waals surface area contributed by atoms with Gasteiger partial charge in [0, 0.05) is 11.4 Å². The minimum atomic E-state index is -0.601. The molecular formula is C22H23FN4O3S. The molecule has 0 radical (unpaired) electrons. The van der Waals surface area contributed by atoms with E-state index < -0.39 is 12.0 Å². The van der Waals surface area contributed by atoms with Crippen LogP contribution in [-0.4, -0.2) is 27.3 Å². The van der Waals surface area contributed by atoms with Crippen molar-refractivity contribution in [2.24, 2.45) is 0 Å². The molecule has 0 spiro atoms. The highest BCUT2D eigenvalue weighted by Gasteiger charge is 2.36. The van der Waals surface area contributed by atoms with Crippen molar-refractivity contribution < 1.29 is 18.3 Å². The van der Waals surface area contributed by atoms with Gasteiger partial charge in [-0.1, -0.05) is 43.3 Å². The zero-order valence-electron chi connectivity index (χ0n) is 17.3. The summed E-state index contributed by atoms with van der Waals surface area (Å²) in [5.74, 6) is 0.752. The molecule has 162 valence electrons. The molecule has 1 aliphatic rings. The number of aromatic nitrogens is 3. The number of benzene rings is 1. The van der Waals surface area contributed by atoms with Gasteiger partial charge in [0.15, 0.2) is 0 Å². The number of esters is 1. The number of rotatable bonds is 8. The Kier molecular flexibility index (Phi) is 6.41. The maximum Gasteiger partial charge on any atom is 0.338 e. The molecule has 31 heavy (non-hydrogen) atoms. The van der Waals surface area contributed by atoms with Crippen molar-refractivity contribution in [3.63, 3.8) is 0 Å². The average Bonchev–Trinajstić information content (AvgIpc) is 3.42. The number of halogens is 1. The lowest BCUT2D eigenvalue weighted by molar-refractivity contribution is -0.139. The summed E-state index contributed by atoms with van der Waals surface area (Å²) in [6, 6.07) is 9.57. The van der Waals surface area contributed by atoms with Gasteiger partial charge in [0.1, 0.15) is 17.6 Å². The fraction of sp³-hybridized carbons (Fsp3) is 0.318. The van der Waals surface area contributed by atoms with Crippen molar-refractivity contribution in [1.82, 2.24) is 14.8 Å². The number of carbonyl (C=O) groups is 1. The first kappa shape index (κ1) is 21.2. The molecule has 0 fully saturated rings. The van der Waals surface area contributed by atoms with Crippen LogP contribution in [0.3, 0.4) is 0 Å². The third kappa shape index (κ3) is 4.51. The van der Waals surface area contributed by atoms with Crippen molar-refractivity contribution in [2.75, 3.05) is 11.9 Å². The fourth-order valence-corrected chi connectivity index (χ4v) is 4.13. The Morgan fingerprint density at radius 3 is 2.90 bits per heavy atom. The Morgan fingerprint density at radius 1 is 1.32 bits per heavy atom. The first-order chi connectivity index (χ1) is 15.1. The maximum absolute atomic E-state index is 13.9. The van der Waals surface area contributed by atoms with Crippen molar-refractivity contribution in [2.45, 2.75) is 43.6 Å². The van der Waals surface area contributed by atoms with Gasteiger partial charge >= 0.3 is 5.97 Å². The van der Waals surface area contributed by atoms with E-state index in [0.717, 1.165) is 12.8 Å². The van der Waals surface area contributed by atoms with Crippen LogP contribution >= 0.6 is 11.8 Å². The van der Waals surface area contributed by atoms with Gasteiger partial charge < -0.3 is 14.5 Å². The Balaban J connectivity index is 1.62. The van der Waals surface area contributed by atoms with Crippen LogP contribution in [0.15, 0.2) is 63.5 Å². The smallest absolute Gasteiger partial charge is 0.338 e. The molecule has 9 heteroatoms. The predicted molar refractivity (Wildman–Crippen MR) is 115 cm³/mol. The lowest BCUT2D eigenvalue weighted by Crippen LogP contribution is -2.29. The highest BCUT2D eigenvalue weighted by molar-refractivity contribution is 7.98. The number of anilines is 1. The van der Waals surface area contributed by atoms with E-state index in [1.807, 2.05) is 6.92 Å². The molecule has 1 N–H and O–H groups in total. The van der Waals surface area contributed by atoms with E-state index >= 15 is 0 Å².